The summed E-state index contributed by atoms with van der Waals surface area (Å²) in [5, 5.41) is 2.76. The molecule has 3 rings (SSSR count). The van der Waals surface area contributed by atoms with Crippen LogP contribution in [0.15, 0.2) is 77.7 Å². The van der Waals surface area contributed by atoms with Crippen molar-refractivity contribution in [3.8, 4) is 11.5 Å². The van der Waals surface area contributed by atoms with Gasteiger partial charge >= 0.3 is 0 Å². The smallest absolute Gasteiger partial charge is 0.264 e. The molecule has 0 spiro atoms. The number of sulfonamides is 1. The number of benzene rings is 3. The molecule has 0 fully saturated rings. The molecule has 3 aromatic carbocycles. The Balaban J connectivity index is 1.77. The lowest BCUT2D eigenvalue weighted by Crippen LogP contribution is -2.26. The molecule has 0 radical (unpaired) electrons. The van der Waals surface area contributed by atoms with Crippen molar-refractivity contribution in [2.45, 2.75) is 4.90 Å². The molecule has 0 aliphatic rings. The molecule has 156 valence electrons. The predicted octanol–water partition coefficient (Wildman–Crippen LogP) is 3.78. The highest BCUT2D eigenvalue weighted by Gasteiger charge is 2.21. The number of anilines is 2. The molecule has 0 aliphatic heterocycles. The van der Waals surface area contributed by atoms with Crippen LogP contribution < -0.4 is 19.1 Å². The number of carbonyl (C=O) groups excluding carboxylic acids is 1. The third-order valence-corrected chi connectivity index (χ3v) is 6.34. The van der Waals surface area contributed by atoms with Gasteiger partial charge in [0.15, 0.2) is 11.5 Å². The number of methoxy groups -OCH3 is 2. The molecule has 7 nitrogen and oxygen atoms in total. The van der Waals surface area contributed by atoms with E-state index in [2.05, 4.69) is 5.32 Å². The molecule has 3 aromatic rings. The van der Waals surface area contributed by atoms with E-state index in [1.165, 1.54) is 49.8 Å². The third kappa shape index (κ3) is 4.38. The molecular formula is C22H22N2O5S. The number of carbonyl (C=O) groups is 1. The molecule has 1 N–H and O–H groups in total. The summed E-state index contributed by atoms with van der Waals surface area (Å²) in [7, 11) is 0.787. The van der Waals surface area contributed by atoms with Gasteiger partial charge in [-0.15, -0.1) is 0 Å². The van der Waals surface area contributed by atoms with Crippen molar-refractivity contribution in [2.75, 3.05) is 30.9 Å². The molecule has 1 amide bonds. The number of hydrogen-bond donors (Lipinski definition) is 1. The summed E-state index contributed by atoms with van der Waals surface area (Å²) < 4.78 is 37.3. The van der Waals surface area contributed by atoms with Crippen LogP contribution in [0, 0.1) is 0 Å². The van der Waals surface area contributed by atoms with E-state index < -0.39 is 10.0 Å². The molecule has 0 aromatic heterocycles. The molecular weight excluding hydrogens is 404 g/mol. The molecule has 0 saturated heterocycles. The number of hydrogen-bond acceptors (Lipinski definition) is 5. The van der Waals surface area contributed by atoms with Gasteiger partial charge in [-0.1, -0.05) is 18.2 Å². The van der Waals surface area contributed by atoms with E-state index in [-0.39, 0.29) is 10.8 Å². The van der Waals surface area contributed by atoms with Gasteiger partial charge in [0, 0.05) is 24.4 Å². The average Bonchev–Trinajstić information content (AvgIpc) is 2.79. The normalized spacial score (nSPS) is 10.9. The zero-order valence-electron chi connectivity index (χ0n) is 16.8. The predicted molar refractivity (Wildman–Crippen MR) is 116 cm³/mol. The lowest BCUT2D eigenvalue weighted by atomic mass is 10.2. The van der Waals surface area contributed by atoms with E-state index in [1.54, 1.807) is 42.5 Å². The maximum absolute atomic E-state index is 12.8. The Morgan fingerprint density at radius 3 is 2.10 bits per heavy atom. The van der Waals surface area contributed by atoms with Gasteiger partial charge in [-0.3, -0.25) is 9.10 Å². The van der Waals surface area contributed by atoms with Gasteiger partial charge in [0.1, 0.15) is 0 Å². The summed E-state index contributed by atoms with van der Waals surface area (Å²) in [6.07, 6.45) is 0. The molecule has 0 unspecified atom stereocenters. The second-order valence-corrected chi connectivity index (χ2v) is 8.33. The van der Waals surface area contributed by atoms with Crippen LogP contribution in [0.4, 0.5) is 11.4 Å². The van der Waals surface area contributed by atoms with Gasteiger partial charge in [0.25, 0.3) is 15.9 Å². The minimum atomic E-state index is -3.74. The number of para-hydroxylation sites is 1. The van der Waals surface area contributed by atoms with Crippen LogP contribution in [0.5, 0.6) is 11.5 Å². The van der Waals surface area contributed by atoms with Crippen LogP contribution in [0.2, 0.25) is 0 Å². The van der Waals surface area contributed by atoms with Gasteiger partial charge in [0.2, 0.25) is 0 Å². The number of rotatable bonds is 7. The number of nitrogens with one attached hydrogen (secondary N) is 1. The van der Waals surface area contributed by atoms with Crippen LogP contribution in [-0.2, 0) is 10.0 Å². The standard InChI is InChI=1S/C22H22N2O5S/c1-24(18-7-5-4-6-8-18)30(26,27)19-12-9-16(10-13-19)22(25)23-17-11-14-20(28-2)21(15-17)29-3/h4-15H,1-3H3,(H,23,25). The Bertz CT molecular complexity index is 1130. The SMILES string of the molecule is COc1ccc(NC(=O)c2ccc(S(=O)(=O)N(C)c3ccccc3)cc2)cc1OC. The van der Waals surface area contributed by atoms with E-state index in [0.29, 0.717) is 28.4 Å². The highest BCUT2D eigenvalue weighted by molar-refractivity contribution is 7.92. The number of ether oxygens (including phenoxy) is 2. The summed E-state index contributed by atoms with van der Waals surface area (Å²) in [6.45, 7) is 0. The summed E-state index contributed by atoms with van der Waals surface area (Å²) in [4.78, 5) is 12.6. The number of nitrogens with zero attached hydrogens (tertiary/aromatic N) is 1. The van der Waals surface area contributed by atoms with E-state index in [1.807, 2.05) is 6.07 Å². The monoisotopic (exact) mass is 426 g/mol. The summed E-state index contributed by atoms with van der Waals surface area (Å²) in [6, 6.07) is 19.6. The average molecular weight is 426 g/mol. The maximum atomic E-state index is 12.8. The van der Waals surface area contributed by atoms with E-state index >= 15 is 0 Å². The fourth-order valence-corrected chi connectivity index (χ4v) is 4.03. The third-order valence-electron chi connectivity index (χ3n) is 4.54. The van der Waals surface area contributed by atoms with Crippen LogP contribution in [0.3, 0.4) is 0 Å². The molecule has 0 aliphatic carbocycles. The van der Waals surface area contributed by atoms with Crippen LogP contribution in [0.25, 0.3) is 0 Å². The first kappa shape index (κ1) is 21.2. The summed E-state index contributed by atoms with van der Waals surface area (Å²) in [5.74, 6) is 0.663. The van der Waals surface area contributed by atoms with Crippen LogP contribution >= 0.6 is 0 Å². The first-order valence-electron chi connectivity index (χ1n) is 9.04. The lowest BCUT2D eigenvalue weighted by molar-refractivity contribution is 0.102. The van der Waals surface area contributed by atoms with Gasteiger partial charge in [0.05, 0.1) is 24.8 Å². The molecule has 0 bridgehead atoms. The first-order valence-corrected chi connectivity index (χ1v) is 10.5. The van der Waals surface area contributed by atoms with Crippen LogP contribution in [0.1, 0.15) is 10.4 Å². The van der Waals surface area contributed by atoms with Gasteiger partial charge in [-0.25, -0.2) is 8.42 Å². The molecule has 0 atom stereocenters. The highest BCUT2D eigenvalue weighted by Crippen LogP contribution is 2.30. The van der Waals surface area contributed by atoms with Gasteiger partial charge < -0.3 is 14.8 Å². The fourth-order valence-electron chi connectivity index (χ4n) is 2.83. The Hall–Kier alpha value is -3.52. The van der Waals surface area contributed by atoms with Crippen molar-refractivity contribution < 1.29 is 22.7 Å². The molecule has 0 heterocycles. The van der Waals surface area contributed by atoms with Crippen molar-refractivity contribution in [2.24, 2.45) is 0 Å². The van der Waals surface area contributed by atoms with Crippen molar-refractivity contribution >= 4 is 27.3 Å². The molecule has 8 heteroatoms. The molecule has 30 heavy (non-hydrogen) atoms. The fraction of sp³-hybridized carbons (Fsp3) is 0.136. The summed E-state index contributed by atoms with van der Waals surface area (Å²) in [5.41, 5.74) is 1.40. The number of amides is 1. The second-order valence-electron chi connectivity index (χ2n) is 6.36. The zero-order chi connectivity index (χ0) is 21.7. The van der Waals surface area contributed by atoms with E-state index in [4.69, 9.17) is 9.47 Å². The minimum Gasteiger partial charge on any atom is -0.493 e. The Labute approximate surface area is 175 Å². The summed E-state index contributed by atoms with van der Waals surface area (Å²) >= 11 is 0. The highest BCUT2D eigenvalue weighted by atomic mass is 32.2. The topological polar surface area (TPSA) is 84.9 Å². The van der Waals surface area contributed by atoms with E-state index in [9.17, 15) is 13.2 Å². The maximum Gasteiger partial charge on any atom is 0.264 e. The van der Waals surface area contributed by atoms with Crippen LogP contribution in [-0.4, -0.2) is 35.6 Å². The van der Waals surface area contributed by atoms with Crippen molar-refractivity contribution in [1.82, 2.24) is 0 Å². The quantitative estimate of drug-likeness (QED) is 0.621. The lowest BCUT2D eigenvalue weighted by Gasteiger charge is -2.19. The van der Waals surface area contributed by atoms with Crippen molar-refractivity contribution in [1.29, 1.82) is 0 Å². The minimum absolute atomic E-state index is 0.0940. The van der Waals surface area contributed by atoms with Gasteiger partial charge in [-0.05, 0) is 48.5 Å². The van der Waals surface area contributed by atoms with E-state index in [0.717, 1.165) is 0 Å². The zero-order valence-corrected chi connectivity index (χ0v) is 17.6. The second kappa shape index (κ2) is 8.87. The van der Waals surface area contributed by atoms with Crippen molar-refractivity contribution in [3.05, 3.63) is 78.4 Å². The Morgan fingerprint density at radius 1 is 0.867 bits per heavy atom. The van der Waals surface area contributed by atoms with Crippen molar-refractivity contribution in [3.63, 3.8) is 0 Å². The molecule has 0 saturated carbocycles. The van der Waals surface area contributed by atoms with Gasteiger partial charge in [-0.2, -0.15) is 0 Å². The largest absolute Gasteiger partial charge is 0.493 e. The Morgan fingerprint density at radius 2 is 1.50 bits per heavy atom. The Kier molecular flexibility index (Phi) is 6.27. The first-order chi connectivity index (χ1) is 14.4.